The van der Waals surface area contributed by atoms with Crippen LogP contribution in [0.4, 0.5) is 0 Å². The molecule has 0 N–H and O–H groups in total. The third kappa shape index (κ3) is 1.81. The van der Waals surface area contributed by atoms with Crippen LogP contribution in [0.2, 0.25) is 0 Å². The molecular weight excluding hydrogens is 144 g/mol. The van der Waals surface area contributed by atoms with Crippen LogP contribution >= 0.6 is 12.6 Å². The van der Waals surface area contributed by atoms with Crippen molar-refractivity contribution in [2.45, 2.75) is 12.8 Å². The predicted molar refractivity (Wildman–Crippen MR) is 46.3 cm³/mol. The number of ether oxygens (including phenoxy) is 1. The maximum atomic E-state index is 5.08. The summed E-state index contributed by atoms with van der Waals surface area (Å²) in [6, 6.07) is 0. The summed E-state index contributed by atoms with van der Waals surface area (Å²) in [7, 11) is 1.71. The molecule has 1 nitrogen and oxygen atoms in total. The van der Waals surface area contributed by atoms with E-state index in [1.807, 2.05) is 6.08 Å². The van der Waals surface area contributed by atoms with E-state index < -0.39 is 0 Å². The first kappa shape index (κ1) is 7.73. The van der Waals surface area contributed by atoms with Crippen LogP contribution in [0.15, 0.2) is 23.5 Å². The van der Waals surface area contributed by atoms with E-state index in [0.29, 0.717) is 0 Å². The normalized spacial score (nSPS) is 17.8. The van der Waals surface area contributed by atoms with Gasteiger partial charge in [0.2, 0.25) is 0 Å². The topological polar surface area (TPSA) is 9.23 Å². The summed E-state index contributed by atoms with van der Waals surface area (Å²) in [6.07, 6.45) is 6.25. The highest BCUT2D eigenvalue weighted by atomic mass is 32.1. The number of methoxy groups -OCH3 is 1. The molecule has 0 unspecified atom stereocenters. The molecule has 0 heterocycles. The smallest absolute Gasteiger partial charge is 0.0958 e. The number of rotatable bonds is 2. The summed E-state index contributed by atoms with van der Waals surface area (Å²) in [5.41, 5.74) is 1.39. The first-order chi connectivity index (χ1) is 4.86. The minimum atomic E-state index is 0.869. The van der Waals surface area contributed by atoms with Gasteiger partial charge >= 0.3 is 0 Å². The Labute approximate surface area is 67.2 Å². The zero-order valence-corrected chi connectivity index (χ0v) is 7.03. The van der Waals surface area contributed by atoms with Gasteiger partial charge in [-0.25, -0.2) is 0 Å². The van der Waals surface area contributed by atoms with E-state index in [-0.39, 0.29) is 0 Å². The molecule has 0 saturated carbocycles. The van der Waals surface area contributed by atoms with E-state index >= 15 is 0 Å². The Morgan fingerprint density at radius 1 is 1.50 bits per heavy atom. The predicted octanol–water partition coefficient (Wildman–Crippen LogP) is 2.17. The van der Waals surface area contributed by atoms with Crippen molar-refractivity contribution in [2.75, 3.05) is 12.9 Å². The molecule has 1 aliphatic rings. The minimum absolute atomic E-state index is 0.869. The lowest BCUT2D eigenvalue weighted by Gasteiger charge is -2.11. The molecule has 10 heavy (non-hydrogen) atoms. The highest BCUT2D eigenvalue weighted by molar-refractivity contribution is 7.80. The number of hydrogen-bond donors (Lipinski definition) is 1. The molecule has 0 bridgehead atoms. The van der Waals surface area contributed by atoms with Crippen molar-refractivity contribution in [1.29, 1.82) is 0 Å². The van der Waals surface area contributed by atoms with Crippen LogP contribution in [0.5, 0.6) is 0 Å². The highest BCUT2D eigenvalue weighted by Gasteiger charge is 2.03. The molecule has 1 aliphatic carbocycles. The molecule has 0 radical (unpaired) electrons. The molecule has 56 valence electrons. The fraction of sp³-hybridized carbons (Fsp3) is 0.500. The lowest BCUT2D eigenvalue weighted by atomic mass is 10.1. The third-order valence-corrected chi connectivity index (χ3v) is 2.07. The van der Waals surface area contributed by atoms with Crippen molar-refractivity contribution >= 4 is 12.6 Å². The van der Waals surface area contributed by atoms with E-state index in [9.17, 15) is 0 Å². The Balaban J connectivity index is 2.55. The lowest BCUT2D eigenvalue weighted by Crippen LogP contribution is -1.95. The molecule has 0 aromatic carbocycles. The Hall–Kier alpha value is -0.370. The SMILES string of the molecule is COC1=CC=C(CS)CC1. The zero-order valence-electron chi connectivity index (χ0n) is 6.13. The molecular formula is C8H12OS. The van der Waals surface area contributed by atoms with Gasteiger partial charge in [-0.3, -0.25) is 0 Å². The Morgan fingerprint density at radius 3 is 2.70 bits per heavy atom. The van der Waals surface area contributed by atoms with Crippen LogP contribution in [-0.2, 0) is 4.74 Å². The highest BCUT2D eigenvalue weighted by Crippen LogP contribution is 2.18. The summed E-state index contributed by atoms with van der Waals surface area (Å²) in [5, 5.41) is 0. The van der Waals surface area contributed by atoms with E-state index in [1.54, 1.807) is 7.11 Å². The van der Waals surface area contributed by atoms with Gasteiger partial charge in [0.05, 0.1) is 12.9 Å². The van der Waals surface area contributed by atoms with Gasteiger partial charge in [-0.15, -0.1) is 0 Å². The molecule has 0 aromatic rings. The van der Waals surface area contributed by atoms with Crippen molar-refractivity contribution in [2.24, 2.45) is 0 Å². The van der Waals surface area contributed by atoms with Gasteiger partial charge in [0.25, 0.3) is 0 Å². The fourth-order valence-electron chi connectivity index (χ4n) is 0.963. The monoisotopic (exact) mass is 156 g/mol. The minimum Gasteiger partial charge on any atom is -0.501 e. The fourth-order valence-corrected chi connectivity index (χ4v) is 1.23. The van der Waals surface area contributed by atoms with Crippen molar-refractivity contribution in [3.8, 4) is 0 Å². The Morgan fingerprint density at radius 2 is 2.30 bits per heavy atom. The van der Waals surface area contributed by atoms with Gasteiger partial charge in [-0.1, -0.05) is 11.6 Å². The maximum absolute atomic E-state index is 5.08. The van der Waals surface area contributed by atoms with Gasteiger partial charge in [-0.2, -0.15) is 12.6 Å². The molecule has 0 aliphatic heterocycles. The first-order valence-corrected chi connectivity index (χ1v) is 4.03. The van der Waals surface area contributed by atoms with Crippen LogP contribution in [0, 0.1) is 0 Å². The van der Waals surface area contributed by atoms with Crippen LogP contribution in [-0.4, -0.2) is 12.9 Å². The van der Waals surface area contributed by atoms with Crippen molar-refractivity contribution in [3.05, 3.63) is 23.5 Å². The van der Waals surface area contributed by atoms with Gasteiger partial charge in [0, 0.05) is 12.2 Å². The van der Waals surface area contributed by atoms with Crippen LogP contribution in [0.25, 0.3) is 0 Å². The molecule has 1 rings (SSSR count). The van der Waals surface area contributed by atoms with E-state index in [0.717, 1.165) is 24.4 Å². The zero-order chi connectivity index (χ0) is 7.40. The van der Waals surface area contributed by atoms with Gasteiger partial charge in [-0.05, 0) is 12.5 Å². The lowest BCUT2D eigenvalue weighted by molar-refractivity contribution is 0.276. The van der Waals surface area contributed by atoms with Gasteiger partial charge in [0.15, 0.2) is 0 Å². The van der Waals surface area contributed by atoms with E-state index in [1.165, 1.54) is 5.57 Å². The number of allylic oxidation sites excluding steroid dienone is 3. The summed E-state index contributed by atoms with van der Waals surface area (Å²) in [5.74, 6) is 1.94. The second-order valence-electron chi connectivity index (χ2n) is 2.32. The third-order valence-electron chi connectivity index (χ3n) is 1.66. The largest absolute Gasteiger partial charge is 0.501 e. The second kappa shape index (κ2) is 3.71. The van der Waals surface area contributed by atoms with Crippen molar-refractivity contribution in [3.63, 3.8) is 0 Å². The summed E-state index contributed by atoms with van der Waals surface area (Å²) < 4.78 is 5.08. The van der Waals surface area contributed by atoms with E-state index in [2.05, 4.69) is 18.7 Å². The van der Waals surface area contributed by atoms with Crippen LogP contribution < -0.4 is 0 Å². The summed E-state index contributed by atoms with van der Waals surface area (Å²) in [4.78, 5) is 0. The molecule has 2 heteroatoms. The summed E-state index contributed by atoms with van der Waals surface area (Å²) in [6.45, 7) is 0. The summed E-state index contributed by atoms with van der Waals surface area (Å²) >= 11 is 4.18. The van der Waals surface area contributed by atoms with E-state index in [4.69, 9.17) is 4.74 Å². The molecule has 0 spiro atoms. The Kier molecular flexibility index (Phi) is 2.87. The van der Waals surface area contributed by atoms with Crippen LogP contribution in [0.3, 0.4) is 0 Å². The van der Waals surface area contributed by atoms with Crippen LogP contribution in [0.1, 0.15) is 12.8 Å². The second-order valence-corrected chi connectivity index (χ2v) is 2.64. The van der Waals surface area contributed by atoms with Gasteiger partial charge in [0.1, 0.15) is 0 Å². The molecule has 0 atom stereocenters. The average molecular weight is 156 g/mol. The van der Waals surface area contributed by atoms with Gasteiger partial charge < -0.3 is 4.74 Å². The van der Waals surface area contributed by atoms with Crippen molar-refractivity contribution in [1.82, 2.24) is 0 Å². The Bertz CT molecular complexity index is 150. The van der Waals surface area contributed by atoms with Crippen molar-refractivity contribution < 1.29 is 4.74 Å². The number of hydrogen-bond acceptors (Lipinski definition) is 2. The molecule has 0 saturated heterocycles. The molecule has 0 amide bonds. The first-order valence-electron chi connectivity index (χ1n) is 3.40. The average Bonchev–Trinajstić information content (AvgIpc) is 2.05. The molecule has 0 fully saturated rings. The number of thiol groups is 1. The maximum Gasteiger partial charge on any atom is 0.0958 e. The molecule has 0 aromatic heterocycles. The standard InChI is InChI=1S/C8H12OS/c1-9-8-4-2-7(6-10)3-5-8/h2,4,10H,3,5-6H2,1H3. The quantitative estimate of drug-likeness (QED) is 0.603.